The van der Waals surface area contributed by atoms with Crippen molar-refractivity contribution in [2.45, 2.75) is 6.92 Å². The van der Waals surface area contributed by atoms with Crippen LogP contribution in [-0.4, -0.2) is 17.7 Å². The predicted octanol–water partition coefficient (Wildman–Crippen LogP) is 5.58. The van der Waals surface area contributed by atoms with Crippen molar-refractivity contribution in [1.29, 1.82) is 0 Å². The summed E-state index contributed by atoms with van der Waals surface area (Å²) in [6.07, 6.45) is 5.88. The lowest BCUT2D eigenvalue weighted by atomic mass is 10.0. The Labute approximate surface area is 142 Å². The van der Waals surface area contributed by atoms with Crippen molar-refractivity contribution in [2.75, 3.05) is 7.05 Å². The van der Waals surface area contributed by atoms with Gasteiger partial charge in [0.25, 0.3) is 0 Å². The van der Waals surface area contributed by atoms with E-state index in [9.17, 15) is 0 Å². The van der Waals surface area contributed by atoms with Crippen molar-refractivity contribution in [3.8, 4) is 10.4 Å². The Morgan fingerprint density at radius 3 is 2.61 bits per heavy atom. The Hall–Kier alpha value is -2.52. The first-order valence-electron chi connectivity index (χ1n) is 7.48. The quantitative estimate of drug-likeness (QED) is 0.576. The lowest BCUT2D eigenvalue weighted by molar-refractivity contribution is 1.31. The number of hydrogen-bond acceptors (Lipinski definition) is 3. The van der Waals surface area contributed by atoms with Gasteiger partial charge in [-0.2, -0.15) is 0 Å². The molecule has 0 aliphatic heterocycles. The first kappa shape index (κ1) is 15.4. The number of pyridine rings is 1. The first-order chi connectivity index (χ1) is 11.3. The lowest BCUT2D eigenvalue weighted by Gasteiger charge is -2.06. The van der Waals surface area contributed by atoms with E-state index in [-0.39, 0.29) is 1.43 Å². The molecule has 2 heterocycles. The Morgan fingerprint density at radius 1 is 1.09 bits per heavy atom. The van der Waals surface area contributed by atoms with Crippen molar-refractivity contribution >= 4 is 22.6 Å². The van der Waals surface area contributed by atoms with Crippen LogP contribution >= 0.6 is 11.3 Å². The van der Waals surface area contributed by atoms with E-state index in [0.717, 1.165) is 16.8 Å². The van der Waals surface area contributed by atoms with E-state index in [2.05, 4.69) is 70.8 Å². The third-order valence-corrected chi connectivity index (χ3v) is 4.58. The van der Waals surface area contributed by atoms with Crippen LogP contribution in [0.25, 0.3) is 16.0 Å². The van der Waals surface area contributed by atoms with Gasteiger partial charge in [0.15, 0.2) is 0 Å². The van der Waals surface area contributed by atoms with Gasteiger partial charge in [-0.3, -0.25) is 9.98 Å². The Kier molecular flexibility index (Phi) is 4.79. The minimum absolute atomic E-state index is 0. The molecule has 2 nitrogen and oxygen atoms in total. The van der Waals surface area contributed by atoms with Crippen LogP contribution in [0, 0.1) is 0 Å². The minimum Gasteiger partial charge on any atom is -0.288 e. The minimum atomic E-state index is 0. The van der Waals surface area contributed by atoms with E-state index < -0.39 is 0 Å². The summed E-state index contributed by atoms with van der Waals surface area (Å²) < 4.78 is 0. The van der Waals surface area contributed by atoms with Crippen LogP contribution in [-0.2, 0) is 0 Å². The van der Waals surface area contributed by atoms with E-state index in [4.69, 9.17) is 0 Å². The standard InChI is InChI=1S/C20H18N2S.H2/c1-15(16-7-4-3-5-8-16)11-19(21-2)17-12-18(14-22-13-17)20-9-6-10-23-20;/h3-14H,1-2H3;1H/b15-11+,21-19?;. The van der Waals surface area contributed by atoms with Gasteiger partial charge in [0.2, 0.25) is 0 Å². The molecule has 116 valence electrons. The normalized spacial score (nSPS) is 12.4. The van der Waals surface area contributed by atoms with Crippen LogP contribution < -0.4 is 0 Å². The molecular formula is C20H20N2S. The maximum Gasteiger partial charge on any atom is 0.0661 e. The molecule has 3 aromatic rings. The van der Waals surface area contributed by atoms with Gasteiger partial charge in [-0.1, -0.05) is 36.4 Å². The molecule has 0 atom stereocenters. The predicted molar refractivity (Wildman–Crippen MR) is 102 cm³/mol. The summed E-state index contributed by atoms with van der Waals surface area (Å²) in [5.41, 5.74) is 5.50. The van der Waals surface area contributed by atoms with Crippen LogP contribution in [0.5, 0.6) is 0 Å². The maximum atomic E-state index is 4.45. The highest BCUT2D eigenvalue weighted by Gasteiger charge is 2.06. The summed E-state index contributed by atoms with van der Waals surface area (Å²) in [7, 11) is 1.82. The van der Waals surface area contributed by atoms with Gasteiger partial charge in [-0.05, 0) is 41.6 Å². The Balaban J connectivity index is 0.00000208. The van der Waals surface area contributed by atoms with E-state index in [0.29, 0.717) is 0 Å². The number of hydrogen-bond donors (Lipinski definition) is 0. The third-order valence-electron chi connectivity index (χ3n) is 3.66. The maximum absolute atomic E-state index is 4.45. The number of thiophene rings is 1. The molecule has 3 rings (SSSR count). The van der Waals surface area contributed by atoms with Gasteiger partial charge in [0, 0.05) is 36.9 Å². The van der Waals surface area contributed by atoms with Crippen LogP contribution in [0.2, 0.25) is 0 Å². The van der Waals surface area contributed by atoms with E-state index in [1.807, 2.05) is 25.5 Å². The molecule has 0 aliphatic carbocycles. The molecule has 0 N–H and O–H groups in total. The highest BCUT2D eigenvalue weighted by molar-refractivity contribution is 7.13. The molecule has 23 heavy (non-hydrogen) atoms. The van der Waals surface area contributed by atoms with E-state index in [1.165, 1.54) is 16.0 Å². The molecule has 1 aromatic carbocycles. The largest absolute Gasteiger partial charge is 0.288 e. The SMILES string of the molecule is CN=C(/C=C(\C)c1ccccc1)c1cncc(-c2cccs2)c1.[HH]. The van der Waals surface area contributed by atoms with Crippen molar-refractivity contribution in [3.05, 3.63) is 83.5 Å². The fourth-order valence-electron chi connectivity index (χ4n) is 2.42. The smallest absolute Gasteiger partial charge is 0.0661 e. The molecule has 3 heteroatoms. The molecule has 0 bridgehead atoms. The number of allylic oxidation sites excluding steroid dienone is 2. The zero-order valence-corrected chi connectivity index (χ0v) is 14.0. The third kappa shape index (κ3) is 3.63. The monoisotopic (exact) mass is 320 g/mol. The van der Waals surface area contributed by atoms with Gasteiger partial charge in [-0.15, -0.1) is 11.3 Å². The molecule has 0 saturated carbocycles. The van der Waals surface area contributed by atoms with Crippen LogP contribution in [0.15, 0.2) is 77.4 Å². The van der Waals surface area contributed by atoms with Gasteiger partial charge in [0.05, 0.1) is 5.71 Å². The van der Waals surface area contributed by atoms with Gasteiger partial charge < -0.3 is 0 Å². The number of aliphatic imine (C=N–C) groups is 1. The molecule has 0 amide bonds. The highest BCUT2D eigenvalue weighted by Crippen LogP contribution is 2.25. The van der Waals surface area contributed by atoms with Crippen LogP contribution in [0.4, 0.5) is 0 Å². The van der Waals surface area contributed by atoms with Crippen molar-refractivity contribution < 1.29 is 1.43 Å². The molecule has 0 aliphatic rings. The summed E-state index contributed by atoms with van der Waals surface area (Å²) in [4.78, 5) is 10.1. The number of aromatic nitrogens is 1. The summed E-state index contributed by atoms with van der Waals surface area (Å²) in [5.74, 6) is 0. The summed E-state index contributed by atoms with van der Waals surface area (Å²) in [6, 6.07) is 16.7. The molecule has 0 unspecified atom stereocenters. The van der Waals surface area contributed by atoms with Crippen molar-refractivity contribution in [2.24, 2.45) is 4.99 Å². The highest BCUT2D eigenvalue weighted by atomic mass is 32.1. The second-order valence-electron chi connectivity index (χ2n) is 5.24. The van der Waals surface area contributed by atoms with Crippen molar-refractivity contribution in [1.82, 2.24) is 4.98 Å². The molecule has 0 fully saturated rings. The van der Waals surface area contributed by atoms with Crippen molar-refractivity contribution in [3.63, 3.8) is 0 Å². The van der Waals surface area contributed by atoms with Gasteiger partial charge >= 0.3 is 0 Å². The van der Waals surface area contributed by atoms with E-state index in [1.54, 1.807) is 11.3 Å². The van der Waals surface area contributed by atoms with Gasteiger partial charge in [-0.25, -0.2) is 0 Å². The first-order valence-corrected chi connectivity index (χ1v) is 8.35. The zero-order valence-electron chi connectivity index (χ0n) is 13.2. The Morgan fingerprint density at radius 2 is 1.91 bits per heavy atom. The van der Waals surface area contributed by atoms with Crippen LogP contribution in [0.3, 0.4) is 0 Å². The molecule has 0 spiro atoms. The summed E-state index contributed by atoms with van der Waals surface area (Å²) >= 11 is 1.72. The zero-order chi connectivity index (χ0) is 16.1. The lowest BCUT2D eigenvalue weighted by Crippen LogP contribution is -1.99. The number of rotatable bonds is 4. The van der Waals surface area contributed by atoms with E-state index >= 15 is 0 Å². The second-order valence-corrected chi connectivity index (χ2v) is 6.19. The molecular weight excluding hydrogens is 300 g/mol. The summed E-state index contributed by atoms with van der Waals surface area (Å²) in [6.45, 7) is 2.11. The molecule has 0 saturated heterocycles. The molecule has 2 aromatic heterocycles. The number of nitrogens with zero attached hydrogens (tertiary/aromatic N) is 2. The molecule has 0 radical (unpaired) electrons. The second kappa shape index (κ2) is 7.16. The average Bonchev–Trinajstić information content (AvgIpc) is 3.15. The average molecular weight is 320 g/mol. The fourth-order valence-corrected chi connectivity index (χ4v) is 3.13. The number of benzene rings is 1. The Bertz CT molecular complexity index is 837. The fraction of sp³-hybridized carbons (Fsp3) is 0.100. The van der Waals surface area contributed by atoms with Crippen LogP contribution in [0.1, 0.15) is 19.5 Å². The topological polar surface area (TPSA) is 25.2 Å². The van der Waals surface area contributed by atoms with Gasteiger partial charge in [0.1, 0.15) is 0 Å². The summed E-state index contributed by atoms with van der Waals surface area (Å²) in [5, 5.41) is 2.08.